The van der Waals surface area contributed by atoms with Crippen LogP contribution in [0.25, 0.3) is 11.0 Å². The molecule has 1 fully saturated rings. The van der Waals surface area contributed by atoms with Gasteiger partial charge in [-0.25, -0.2) is 13.4 Å². The minimum absolute atomic E-state index is 0.0833. The van der Waals surface area contributed by atoms with E-state index in [4.69, 9.17) is 5.73 Å². The van der Waals surface area contributed by atoms with Crippen LogP contribution in [-0.2, 0) is 9.84 Å². The Labute approximate surface area is 118 Å². The molecule has 1 aliphatic rings. The standard InChI is InChI=1S/C11H12IN3O2S/c12-7-1-2-10-9(5-7)14-11(13)15(10)8-3-4-18(16,17)6-8/h1-2,5,8H,3-4,6H2,(H2,13,14). The first-order valence-corrected chi connectivity index (χ1v) is 8.50. The van der Waals surface area contributed by atoms with Crippen LogP contribution in [0.15, 0.2) is 18.2 Å². The zero-order valence-electron chi connectivity index (χ0n) is 9.51. The number of anilines is 1. The monoisotopic (exact) mass is 377 g/mol. The number of rotatable bonds is 1. The molecule has 1 unspecified atom stereocenters. The molecule has 1 aromatic carbocycles. The molecule has 96 valence electrons. The van der Waals surface area contributed by atoms with E-state index >= 15 is 0 Å². The Bertz CT molecular complexity index is 723. The van der Waals surface area contributed by atoms with Gasteiger partial charge in [0.05, 0.1) is 28.6 Å². The molecule has 1 saturated heterocycles. The molecule has 0 saturated carbocycles. The summed E-state index contributed by atoms with van der Waals surface area (Å²) in [6, 6.07) is 5.79. The summed E-state index contributed by atoms with van der Waals surface area (Å²) in [6.45, 7) is 0. The lowest BCUT2D eigenvalue weighted by Gasteiger charge is -2.12. The second-order valence-electron chi connectivity index (χ2n) is 4.53. The number of sulfone groups is 1. The molecule has 0 aliphatic carbocycles. The maximum atomic E-state index is 11.6. The summed E-state index contributed by atoms with van der Waals surface area (Å²) in [6.07, 6.45) is 0.615. The molecule has 0 bridgehead atoms. The van der Waals surface area contributed by atoms with Crippen LogP contribution in [-0.4, -0.2) is 29.5 Å². The van der Waals surface area contributed by atoms with E-state index in [0.29, 0.717) is 12.4 Å². The quantitative estimate of drug-likeness (QED) is 0.766. The van der Waals surface area contributed by atoms with Crippen LogP contribution >= 0.6 is 22.6 Å². The fourth-order valence-electron chi connectivity index (χ4n) is 2.45. The maximum absolute atomic E-state index is 11.6. The lowest BCUT2D eigenvalue weighted by atomic mass is 10.2. The van der Waals surface area contributed by atoms with E-state index in [1.165, 1.54) is 0 Å². The third-order valence-corrected chi connectivity index (χ3v) is 5.67. The fraction of sp³-hybridized carbons (Fsp3) is 0.364. The number of nitrogens with two attached hydrogens (primary N) is 1. The largest absolute Gasteiger partial charge is 0.369 e. The molecule has 0 amide bonds. The summed E-state index contributed by atoms with van der Waals surface area (Å²) < 4.78 is 26.1. The van der Waals surface area contributed by atoms with E-state index in [1.54, 1.807) is 0 Å². The van der Waals surface area contributed by atoms with Gasteiger partial charge in [0.25, 0.3) is 0 Å². The van der Waals surface area contributed by atoms with Gasteiger partial charge >= 0.3 is 0 Å². The van der Waals surface area contributed by atoms with Gasteiger partial charge in [0.15, 0.2) is 9.84 Å². The number of imidazole rings is 1. The molecule has 1 aliphatic heterocycles. The van der Waals surface area contributed by atoms with Crippen molar-refractivity contribution < 1.29 is 8.42 Å². The van der Waals surface area contributed by atoms with Gasteiger partial charge in [0.2, 0.25) is 5.95 Å². The fourth-order valence-corrected chi connectivity index (χ4v) is 4.63. The summed E-state index contributed by atoms with van der Waals surface area (Å²) in [5.74, 6) is 0.796. The number of hydrogen-bond acceptors (Lipinski definition) is 4. The van der Waals surface area contributed by atoms with Gasteiger partial charge in [-0.1, -0.05) is 0 Å². The van der Waals surface area contributed by atoms with Gasteiger partial charge in [0, 0.05) is 3.57 Å². The minimum atomic E-state index is -2.92. The number of aromatic nitrogens is 2. The highest BCUT2D eigenvalue weighted by atomic mass is 127. The molecular formula is C11H12IN3O2S. The van der Waals surface area contributed by atoms with Gasteiger partial charge < -0.3 is 10.3 Å². The lowest BCUT2D eigenvalue weighted by Crippen LogP contribution is -2.13. The Hall–Kier alpha value is -0.830. The average molecular weight is 377 g/mol. The van der Waals surface area contributed by atoms with Crippen LogP contribution < -0.4 is 5.73 Å². The van der Waals surface area contributed by atoms with E-state index in [0.717, 1.165) is 14.6 Å². The van der Waals surface area contributed by atoms with E-state index in [2.05, 4.69) is 27.6 Å². The highest BCUT2D eigenvalue weighted by Crippen LogP contribution is 2.30. The van der Waals surface area contributed by atoms with Crippen LogP contribution in [0.3, 0.4) is 0 Å². The summed E-state index contributed by atoms with van der Waals surface area (Å²) >= 11 is 2.22. The Morgan fingerprint density at radius 2 is 2.22 bits per heavy atom. The predicted octanol–water partition coefficient (Wildman–Crippen LogP) is 1.58. The summed E-state index contributed by atoms with van der Waals surface area (Å²) in [4.78, 5) is 4.31. The summed E-state index contributed by atoms with van der Waals surface area (Å²) in [5.41, 5.74) is 7.66. The van der Waals surface area contributed by atoms with E-state index in [1.807, 2.05) is 22.8 Å². The van der Waals surface area contributed by atoms with E-state index in [-0.39, 0.29) is 17.5 Å². The minimum Gasteiger partial charge on any atom is -0.369 e. The summed E-state index contributed by atoms with van der Waals surface area (Å²) in [5, 5.41) is 0. The zero-order valence-corrected chi connectivity index (χ0v) is 12.5. The highest BCUT2D eigenvalue weighted by molar-refractivity contribution is 14.1. The first kappa shape index (κ1) is 12.2. The molecule has 18 heavy (non-hydrogen) atoms. The van der Waals surface area contributed by atoms with Crippen LogP contribution in [0, 0.1) is 3.57 Å². The Morgan fingerprint density at radius 1 is 1.44 bits per heavy atom. The molecule has 2 N–H and O–H groups in total. The number of nitrogens with zero attached hydrogens (tertiary/aromatic N) is 2. The third-order valence-electron chi connectivity index (χ3n) is 3.25. The van der Waals surface area contributed by atoms with Crippen molar-refractivity contribution in [2.75, 3.05) is 17.2 Å². The van der Waals surface area contributed by atoms with Crippen LogP contribution in [0.1, 0.15) is 12.5 Å². The number of hydrogen-bond donors (Lipinski definition) is 1. The number of halogens is 1. The normalized spacial score (nSPS) is 22.6. The van der Waals surface area contributed by atoms with E-state index in [9.17, 15) is 8.42 Å². The summed E-state index contributed by atoms with van der Waals surface area (Å²) in [7, 11) is -2.92. The van der Waals surface area contributed by atoms with Crippen molar-refractivity contribution >= 4 is 49.4 Å². The van der Waals surface area contributed by atoms with Crippen molar-refractivity contribution in [1.82, 2.24) is 9.55 Å². The molecule has 5 nitrogen and oxygen atoms in total. The number of fused-ring (bicyclic) bond motifs is 1. The molecule has 0 radical (unpaired) electrons. The zero-order chi connectivity index (χ0) is 12.9. The Morgan fingerprint density at radius 3 is 2.89 bits per heavy atom. The molecule has 2 aromatic rings. The lowest BCUT2D eigenvalue weighted by molar-refractivity contribution is 0.575. The van der Waals surface area contributed by atoms with E-state index < -0.39 is 9.84 Å². The Kier molecular flexibility index (Phi) is 2.77. The molecule has 7 heteroatoms. The van der Waals surface area contributed by atoms with Crippen molar-refractivity contribution in [3.63, 3.8) is 0 Å². The van der Waals surface area contributed by atoms with Gasteiger partial charge in [0.1, 0.15) is 0 Å². The SMILES string of the molecule is Nc1nc2cc(I)ccc2n1C1CCS(=O)(=O)C1. The topological polar surface area (TPSA) is 78.0 Å². The molecule has 1 aromatic heterocycles. The first-order chi connectivity index (χ1) is 8.46. The molecule has 3 rings (SSSR count). The first-order valence-electron chi connectivity index (χ1n) is 5.60. The maximum Gasteiger partial charge on any atom is 0.201 e. The van der Waals surface area contributed by atoms with Crippen molar-refractivity contribution in [1.29, 1.82) is 0 Å². The molecule has 2 heterocycles. The highest BCUT2D eigenvalue weighted by Gasteiger charge is 2.31. The molecule has 1 atom stereocenters. The van der Waals surface area contributed by atoms with Crippen molar-refractivity contribution in [3.05, 3.63) is 21.8 Å². The van der Waals surface area contributed by atoms with Gasteiger partial charge in [-0.2, -0.15) is 0 Å². The van der Waals surface area contributed by atoms with Crippen LogP contribution in [0.5, 0.6) is 0 Å². The van der Waals surface area contributed by atoms with Crippen molar-refractivity contribution in [2.45, 2.75) is 12.5 Å². The average Bonchev–Trinajstić information content (AvgIpc) is 2.77. The molecular weight excluding hydrogens is 365 g/mol. The van der Waals surface area contributed by atoms with Crippen LogP contribution in [0.4, 0.5) is 5.95 Å². The van der Waals surface area contributed by atoms with Crippen molar-refractivity contribution in [2.24, 2.45) is 0 Å². The third kappa shape index (κ3) is 1.99. The number of nitrogen functional groups attached to an aromatic ring is 1. The second kappa shape index (κ2) is 4.09. The Balaban J connectivity index is 2.15. The smallest absolute Gasteiger partial charge is 0.201 e. The molecule has 0 spiro atoms. The van der Waals surface area contributed by atoms with Gasteiger partial charge in [-0.3, -0.25) is 0 Å². The van der Waals surface area contributed by atoms with Gasteiger partial charge in [-0.15, -0.1) is 0 Å². The second-order valence-corrected chi connectivity index (χ2v) is 8.00. The number of benzene rings is 1. The van der Waals surface area contributed by atoms with Gasteiger partial charge in [-0.05, 0) is 47.2 Å². The predicted molar refractivity (Wildman–Crippen MR) is 79.2 cm³/mol. The van der Waals surface area contributed by atoms with Crippen LogP contribution in [0.2, 0.25) is 0 Å². The van der Waals surface area contributed by atoms with Crippen molar-refractivity contribution in [3.8, 4) is 0 Å².